The molecule has 200 valence electrons. The molecule has 0 fully saturated rings. The third-order valence-electron chi connectivity index (χ3n) is 5.27. The Labute approximate surface area is 214 Å². The van der Waals surface area contributed by atoms with E-state index in [0.29, 0.717) is 11.8 Å². The molecule has 1 heterocycles. The second-order valence-electron chi connectivity index (χ2n) is 8.31. The number of allylic oxidation sites excluding steroid dienone is 1. The van der Waals surface area contributed by atoms with E-state index in [-0.39, 0.29) is 16.3 Å². The van der Waals surface area contributed by atoms with Crippen molar-refractivity contribution < 1.29 is 31.5 Å². The Kier molecular flexibility index (Phi) is 10.8. The van der Waals surface area contributed by atoms with Crippen molar-refractivity contribution in [2.24, 2.45) is 5.14 Å². The number of sulfonamides is 1. The van der Waals surface area contributed by atoms with Gasteiger partial charge in [0.25, 0.3) is 0 Å². The number of nitrogens with zero attached hydrogens (tertiary/aromatic N) is 2. The van der Waals surface area contributed by atoms with Crippen LogP contribution >= 0.6 is 0 Å². The second kappa shape index (κ2) is 13.3. The molecule has 0 spiro atoms. The molecule has 0 aliphatic heterocycles. The minimum absolute atomic E-state index is 0.138. The topological polar surface area (TPSA) is 115 Å². The predicted octanol–water partition coefficient (Wildman–Crippen LogP) is 5.20. The molecule has 1 atom stereocenters. The summed E-state index contributed by atoms with van der Waals surface area (Å²) in [6, 6.07) is 13.1. The summed E-state index contributed by atoms with van der Waals surface area (Å²) < 4.78 is 63.2. The highest BCUT2D eigenvalue weighted by atomic mass is 32.2. The van der Waals surface area contributed by atoms with Gasteiger partial charge in [0.15, 0.2) is 5.69 Å². The minimum Gasteiger partial charge on any atom is -0.389 e. The maximum Gasteiger partial charge on any atom is 0.435 e. The zero-order valence-electron chi connectivity index (χ0n) is 20.5. The number of aldehydes is 1. The molecule has 11 heteroatoms. The van der Waals surface area contributed by atoms with Gasteiger partial charge in [0.1, 0.15) is 6.29 Å². The highest BCUT2D eigenvalue weighted by Crippen LogP contribution is 2.33. The standard InChI is InChI=1S/C17H14F3N3O2S.C9H16O2/c1-11-2-4-12(5-3-11)15-10-16(17(18,19)20)22-23(15)13-6-8-14(9-7-13)26(21,24)25;1-2-3-4-6-9(11)7-5-8-10/h2-10H,1H3,(H2,21,24,25);5,7-9,11H,2-4,6H2,1H3/b;7-5+. The maximum atomic E-state index is 13.1. The van der Waals surface area contributed by atoms with Crippen LogP contribution in [0.1, 0.15) is 43.9 Å². The number of aromatic nitrogens is 2. The minimum atomic E-state index is -4.61. The molecule has 3 N–H and O–H groups in total. The van der Waals surface area contributed by atoms with E-state index in [2.05, 4.69) is 12.0 Å². The lowest BCUT2D eigenvalue weighted by molar-refractivity contribution is -0.141. The Balaban J connectivity index is 0.000000371. The van der Waals surface area contributed by atoms with Crippen molar-refractivity contribution >= 4 is 16.3 Å². The molecule has 0 saturated carbocycles. The largest absolute Gasteiger partial charge is 0.435 e. The van der Waals surface area contributed by atoms with Gasteiger partial charge < -0.3 is 5.11 Å². The average Bonchev–Trinajstić information content (AvgIpc) is 3.30. The quantitative estimate of drug-likeness (QED) is 0.221. The van der Waals surface area contributed by atoms with Crippen LogP contribution < -0.4 is 5.14 Å². The van der Waals surface area contributed by atoms with Crippen molar-refractivity contribution in [1.29, 1.82) is 0 Å². The van der Waals surface area contributed by atoms with E-state index in [1.165, 1.54) is 36.4 Å². The van der Waals surface area contributed by atoms with Gasteiger partial charge >= 0.3 is 6.18 Å². The number of hydrogen-bond donors (Lipinski definition) is 2. The van der Waals surface area contributed by atoms with Crippen LogP contribution in [0.15, 0.2) is 71.6 Å². The first-order valence-electron chi connectivity index (χ1n) is 11.5. The molecule has 0 amide bonds. The van der Waals surface area contributed by atoms with Gasteiger partial charge in [0.2, 0.25) is 10.0 Å². The number of carbonyl (C=O) groups excluding carboxylic acids is 1. The van der Waals surface area contributed by atoms with Crippen molar-refractivity contribution in [1.82, 2.24) is 9.78 Å². The monoisotopic (exact) mass is 537 g/mol. The van der Waals surface area contributed by atoms with E-state index >= 15 is 0 Å². The van der Waals surface area contributed by atoms with Gasteiger partial charge in [0.05, 0.1) is 22.4 Å². The van der Waals surface area contributed by atoms with Gasteiger partial charge in [-0.25, -0.2) is 18.2 Å². The molecule has 0 aliphatic carbocycles. The van der Waals surface area contributed by atoms with Gasteiger partial charge in [-0.2, -0.15) is 18.3 Å². The number of benzene rings is 2. The Bertz CT molecular complexity index is 1280. The number of nitrogens with two attached hydrogens (primary N) is 1. The summed E-state index contributed by atoms with van der Waals surface area (Å²) in [7, 11) is -3.90. The molecule has 0 radical (unpaired) electrons. The van der Waals surface area contributed by atoms with Crippen molar-refractivity contribution in [3.8, 4) is 16.9 Å². The van der Waals surface area contributed by atoms with E-state index < -0.39 is 28.0 Å². The Morgan fingerprint density at radius 2 is 1.70 bits per heavy atom. The van der Waals surface area contributed by atoms with Gasteiger partial charge in [-0.3, -0.25) is 4.79 Å². The van der Waals surface area contributed by atoms with Crippen LogP contribution in [0.4, 0.5) is 13.2 Å². The molecule has 3 aromatic rings. The zero-order valence-corrected chi connectivity index (χ0v) is 21.3. The maximum absolute atomic E-state index is 13.1. The highest BCUT2D eigenvalue weighted by molar-refractivity contribution is 7.89. The smallest absolute Gasteiger partial charge is 0.389 e. The first-order valence-corrected chi connectivity index (χ1v) is 13.1. The molecule has 2 aromatic carbocycles. The molecule has 1 unspecified atom stereocenters. The van der Waals surface area contributed by atoms with Crippen molar-refractivity contribution in [2.45, 2.75) is 56.7 Å². The number of halogens is 3. The third-order valence-corrected chi connectivity index (χ3v) is 6.20. The van der Waals surface area contributed by atoms with Gasteiger partial charge in [-0.05, 0) is 49.8 Å². The Morgan fingerprint density at radius 1 is 1.08 bits per heavy atom. The fraction of sp³-hybridized carbons (Fsp3) is 0.308. The Morgan fingerprint density at radius 3 is 2.22 bits per heavy atom. The first kappa shape index (κ1) is 29.9. The fourth-order valence-corrected chi connectivity index (χ4v) is 3.81. The predicted molar refractivity (Wildman–Crippen MR) is 135 cm³/mol. The van der Waals surface area contributed by atoms with E-state index in [1.54, 1.807) is 24.3 Å². The van der Waals surface area contributed by atoms with Crippen LogP contribution in [0.3, 0.4) is 0 Å². The van der Waals surface area contributed by atoms with E-state index in [9.17, 15) is 26.4 Å². The SMILES string of the molecule is CCCCCC(O)/C=C/C=O.Cc1ccc(-c2cc(C(F)(F)F)nn2-c2ccc(S(N)(=O)=O)cc2)cc1. The summed E-state index contributed by atoms with van der Waals surface area (Å²) in [6.45, 7) is 3.99. The normalized spacial score (nSPS) is 12.7. The van der Waals surface area contributed by atoms with Crippen LogP contribution in [0.2, 0.25) is 0 Å². The van der Waals surface area contributed by atoms with Crippen LogP contribution in [0, 0.1) is 6.92 Å². The van der Waals surface area contributed by atoms with Crippen LogP contribution in [-0.4, -0.2) is 35.7 Å². The number of aliphatic hydroxyl groups is 1. The van der Waals surface area contributed by atoms with Gasteiger partial charge in [-0.1, -0.05) is 62.1 Å². The lowest BCUT2D eigenvalue weighted by atomic mass is 10.1. The average molecular weight is 538 g/mol. The first-order chi connectivity index (χ1) is 17.4. The van der Waals surface area contributed by atoms with Gasteiger partial charge in [0, 0.05) is 5.56 Å². The van der Waals surface area contributed by atoms with E-state index in [4.69, 9.17) is 10.2 Å². The van der Waals surface area contributed by atoms with E-state index in [0.717, 1.165) is 42.0 Å². The molecular weight excluding hydrogens is 507 g/mol. The van der Waals surface area contributed by atoms with Gasteiger partial charge in [-0.15, -0.1) is 0 Å². The molecule has 37 heavy (non-hydrogen) atoms. The molecule has 7 nitrogen and oxygen atoms in total. The molecule has 0 saturated heterocycles. The zero-order chi connectivity index (χ0) is 27.6. The number of aliphatic hydroxyl groups excluding tert-OH is 1. The molecule has 0 bridgehead atoms. The van der Waals surface area contributed by atoms with Crippen molar-refractivity contribution in [3.05, 3.63) is 78.0 Å². The third kappa shape index (κ3) is 9.27. The van der Waals surface area contributed by atoms with Crippen LogP contribution in [0.25, 0.3) is 16.9 Å². The number of aryl methyl sites for hydroxylation is 1. The number of rotatable bonds is 9. The molecule has 3 rings (SSSR count). The summed E-state index contributed by atoms with van der Waals surface area (Å²) in [5.74, 6) is 0. The molecule has 1 aromatic heterocycles. The van der Waals surface area contributed by atoms with Crippen molar-refractivity contribution in [3.63, 3.8) is 0 Å². The lowest BCUT2D eigenvalue weighted by Gasteiger charge is -2.09. The number of hydrogen-bond acceptors (Lipinski definition) is 5. The number of carbonyl (C=O) groups is 1. The van der Waals surface area contributed by atoms with E-state index in [1.807, 2.05) is 6.92 Å². The van der Waals surface area contributed by atoms with Crippen molar-refractivity contribution in [2.75, 3.05) is 0 Å². The second-order valence-corrected chi connectivity index (χ2v) is 9.87. The number of primary sulfonamides is 1. The molecule has 0 aliphatic rings. The Hall–Kier alpha value is -3.28. The lowest BCUT2D eigenvalue weighted by Crippen LogP contribution is -2.12. The summed E-state index contributed by atoms with van der Waals surface area (Å²) in [6.07, 6.45) is 2.61. The van der Waals surface area contributed by atoms with Crippen LogP contribution in [-0.2, 0) is 21.0 Å². The summed E-state index contributed by atoms with van der Waals surface area (Å²) in [5.41, 5.74) is 0.996. The molecular formula is C26H30F3N3O4S. The highest BCUT2D eigenvalue weighted by Gasteiger charge is 2.35. The summed E-state index contributed by atoms with van der Waals surface area (Å²) >= 11 is 0. The number of unbranched alkanes of at least 4 members (excludes halogenated alkanes) is 2. The summed E-state index contributed by atoms with van der Waals surface area (Å²) in [4.78, 5) is 9.70. The number of alkyl halides is 3. The van der Waals surface area contributed by atoms with Crippen LogP contribution in [0.5, 0.6) is 0 Å². The fourth-order valence-electron chi connectivity index (χ4n) is 3.30. The summed E-state index contributed by atoms with van der Waals surface area (Å²) in [5, 5.41) is 17.9.